The third kappa shape index (κ3) is 5.70. The number of methoxy groups -OCH3 is 1. The van der Waals surface area contributed by atoms with Crippen molar-refractivity contribution < 1.29 is 14.1 Å². The molecule has 1 aromatic carbocycles. The number of aryl methyl sites for hydroxylation is 1. The number of hydrogen-bond acceptors (Lipinski definition) is 6. The molecule has 0 unspecified atom stereocenters. The number of ether oxygens (including phenoxy) is 1. The second kappa shape index (κ2) is 9.13. The number of nitrogens with zero attached hydrogens (tertiary/aromatic N) is 4. The topological polar surface area (TPSA) is 71.7 Å². The van der Waals surface area contributed by atoms with Crippen molar-refractivity contribution in [2.24, 2.45) is 0 Å². The number of hydrogen-bond donors (Lipinski definition) is 0. The molecule has 0 radical (unpaired) electrons. The standard InChI is InChI=1S/C21H29ClN4O3/c1-21(2,3)20-23-18(29-24-20)7-8-19(27)26-11-9-25(10-12-26)14-15-13-16(22)5-6-17(15)28-4/h5-6,13H,7-12,14H2,1-4H3. The molecule has 2 aromatic rings. The Morgan fingerprint density at radius 1 is 1.24 bits per heavy atom. The quantitative estimate of drug-likeness (QED) is 0.714. The summed E-state index contributed by atoms with van der Waals surface area (Å²) in [6, 6.07) is 5.66. The van der Waals surface area contributed by atoms with E-state index >= 15 is 0 Å². The minimum absolute atomic E-state index is 0.125. The molecule has 0 saturated carbocycles. The second-order valence-electron chi connectivity index (χ2n) is 8.37. The van der Waals surface area contributed by atoms with Crippen LogP contribution in [0, 0.1) is 0 Å². The molecule has 2 heterocycles. The van der Waals surface area contributed by atoms with Gasteiger partial charge in [0.15, 0.2) is 5.82 Å². The maximum atomic E-state index is 12.6. The van der Waals surface area contributed by atoms with Gasteiger partial charge in [0.25, 0.3) is 0 Å². The fraction of sp³-hybridized carbons (Fsp3) is 0.571. The van der Waals surface area contributed by atoms with Crippen LogP contribution in [-0.4, -0.2) is 59.1 Å². The van der Waals surface area contributed by atoms with Gasteiger partial charge in [-0.15, -0.1) is 0 Å². The Morgan fingerprint density at radius 3 is 2.59 bits per heavy atom. The van der Waals surface area contributed by atoms with Gasteiger partial charge in [-0.2, -0.15) is 4.98 Å². The number of halogens is 1. The van der Waals surface area contributed by atoms with Crippen molar-refractivity contribution in [1.82, 2.24) is 19.9 Å². The number of carbonyl (C=O) groups excluding carboxylic acids is 1. The van der Waals surface area contributed by atoms with Gasteiger partial charge in [-0.25, -0.2) is 0 Å². The number of piperazine rings is 1. The Hall–Kier alpha value is -2.12. The molecule has 1 amide bonds. The highest BCUT2D eigenvalue weighted by atomic mass is 35.5. The van der Waals surface area contributed by atoms with Crippen molar-refractivity contribution in [1.29, 1.82) is 0 Å². The Bertz CT molecular complexity index is 839. The van der Waals surface area contributed by atoms with Crippen molar-refractivity contribution >= 4 is 17.5 Å². The smallest absolute Gasteiger partial charge is 0.227 e. The van der Waals surface area contributed by atoms with Crippen molar-refractivity contribution in [3.63, 3.8) is 0 Å². The summed E-state index contributed by atoms with van der Waals surface area (Å²) in [5.74, 6) is 2.16. The van der Waals surface area contributed by atoms with E-state index < -0.39 is 0 Å². The molecule has 1 saturated heterocycles. The average Bonchev–Trinajstić information content (AvgIpc) is 3.16. The van der Waals surface area contributed by atoms with Gasteiger partial charge in [0.2, 0.25) is 11.8 Å². The molecule has 29 heavy (non-hydrogen) atoms. The maximum Gasteiger partial charge on any atom is 0.227 e. The first-order chi connectivity index (χ1) is 13.8. The number of amides is 1. The number of rotatable bonds is 6. The summed E-state index contributed by atoms with van der Waals surface area (Å²) >= 11 is 6.12. The van der Waals surface area contributed by atoms with Crippen molar-refractivity contribution in [2.45, 2.75) is 45.6 Å². The Balaban J connectivity index is 1.47. The van der Waals surface area contributed by atoms with Crippen LogP contribution < -0.4 is 4.74 Å². The zero-order valence-corrected chi connectivity index (χ0v) is 18.3. The second-order valence-corrected chi connectivity index (χ2v) is 8.81. The molecule has 0 atom stereocenters. The predicted octanol–water partition coefficient (Wildman–Crippen LogP) is 3.31. The largest absolute Gasteiger partial charge is 0.496 e. The van der Waals surface area contributed by atoms with Gasteiger partial charge >= 0.3 is 0 Å². The first-order valence-electron chi connectivity index (χ1n) is 9.92. The lowest BCUT2D eigenvalue weighted by Gasteiger charge is -2.35. The van der Waals surface area contributed by atoms with Gasteiger partial charge in [0.1, 0.15) is 5.75 Å². The molecule has 3 rings (SSSR count). The molecule has 8 heteroatoms. The van der Waals surface area contributed by atoms with Gasteiger partial charge in [0.05, 0.1) is 7.11 Å². The first-order valence-corrected chi connectivity index (χ1v) is 10.3. The van der Waals surface area contributed by atoms with E-state index in [4.69, 9.17) is 20.9 Å². The molecular formula is C21H29ClN4O3. The minimum Gasteiger partial charge on any atom is -0.496 e. The van der Waals surface area contributed by atoms with Gasteiger partial charge < -0.3 is 14.2 Å². The fourth-order valence-corrected chi connectivity index (χ4v) is 3.49. The summed E-state index contributed by atoms with van der Waals surface area (Å²) in [7, 11) is 1.66. The molecule has 0 N–H and O–H groups in total. The monoisotopic (exact) mass is 420 g/mol. The summed E-state index contributed by atoms with van der Waals surface area (Å²) in [5, 5.41) is 4.71. The zero-order chi connectivity index (χ0) is 21.0. The highest BCUT2D eigenvalue weighted by Crippen LogP contribution is 2.24. The Kier molecular flexibility index (Phi) is 6.80. The van der Waals surface area contributed by atoms with Crippen LogP contribution in [0.5, 0.6) is 5.75 Å². The molecule has 1 aromatic heterocycles. The van der Waals surface area contributed by atoms with Crippen LogP contribution in [-0.2, 0) is 23.2 Å². The van der Waals surface area contributed by atoms with Crippen LogP contribution in [0.2, 0.25) is 5.02 Å². The van der Waals surface area contributed by atoms with E-state index in [0.29, 0.717) is 42.7 Å². The van der Waals surface area contributed by atoms with Crippen molar-refractivity contribution in [3.05, 3.63) is 40.5 Å². The zero-order valence-electron chi connectivity index (χ0n) is 17.6. The van der Waals surface area contributed by atoms with Crippen LogP contribution in [0.3, 0.4) is 0 Å². The number of aromatic nitrogens is 2. The van der Waals surface area contributed by atoms with Crippen LogP contribution in [0.15, 0.2) is 22.7 Å². The summed E-state index contributed by atoms with van der Waals surface area (Å²) in [4.78, 5) is 21.2. The summed E-state index contributed by atoms with van der Waals surface area (Å²) in [5.41, 5.74) is 0.902. The van der Waals surface area contributed by atoms with Crippen LogP contribution in [0.25, 0.3) is 0 Å². The highest BCUT2D eigenvalue weighted by molar-refractivity contribution is 6.30. The molecule has 0 bridgehead atoms. The van der Waals surface area contributed by atoms with Crippen molar-refractivity contribution in [3.8, 4) is 5.75 Å². The van der Waals surface area contributed by atoms with Gasteiger partial charge in [-0.1, -0.05) is 37.5 Å². The molecule has 0 spiro atoms. The maximum absolute atomic E-state index is 12.6. The molecule has 7 nitrogen and oxygen atoms in total. The van der Waals surface area contributed by atoms with Gasteiger partial charge in [0, 0.05) is 61.6 Å². The van der Waals surface area contributed by atoms with E-state index in [9.17, 15) is 4.79 Å². The van der Waals surface area contributed by atoms with Crippen LogP contribution in [0.4, 0.5) is 0 Å². The average molecular weight is 421 g/mol. The molecule has 1 fully saturated rings. The van der Waals surface area contributed by atoms with E-state index in [0.717, 1.165) is 30.9 Å². The molecule has 0 aliphatic carbocycles. The lowest BCUT2D eigenvalue weighted by molar-refractivity contribution is -0.133. The van der Waals surface area contributed by atoms with Crippen LogP contribution >= 0.6 is 11.6 Å². The summed E-state index contributed by atoms with van der Waals surface area (Å²) < 4.78 is 10.7. The molecule has 1 aliphatic rings. The first kappa shape index (κ1) is 21.6. The lowest BCUT2D eigenvalue weighted by Crippen LogP contribution is -2.48. The van der Waals surface area contributed by atoms with Gasteiger partial charge in [-0.3, -0.25) is 9.69 Å². The predicted molar refractivity (Wildman–Crippen MR) is 111 cm³/mol. The van der Waals surface area contributed by atoms with E-state index in [2.05, 4.69) is 15.0 Å². The normalized spacial score (nSPS) is 15.6. The number of carbonyl (C=O) groups is 1. The van der Waals surface area contributed by atoms with E-state index in [1.807, 2.05) is 43.9 Å². The molecular weight excluding hydrogens is 392 g/mol. The minimum atomic E-state index is -0.159. The summed E-state index contributed by atoms with van der Waals surface area (Å²) in [6.07, 6.45) is 0.857. The Morgan fingerprint density at radius 2 is 1.97 bits per heavy atom. The Labute approximate surface area is 177 Å². The molecule has 1 aliphatic heterocycles. The molecule has 158 valence electrons. The van der Waals surface area contributed by atoms with Gasteiger partial charge in [-0.05, 0) is 18.2 Å². The van der Waals surface area contributed by atoms with Crippen molar-refractivity contribution in [2.75, 3.05) is 33.3 Å². The summed E-state index contributed by atoms with van der Waals surface area (Å²) in [6.45, 7) is 9.90. The lowest BCUT2D eigenvalue weighted by atomic mass is 9.96. The third-order valence-electron chi connectivity index (χ3n) is 5.05. The van der Waals surface area contributed by atoms with E-state index in [1.165, 1.54) is 0 Å². The van der Waals surface area contributed by atoms with Crippen LogP contribution in [0.1, 0.15) is 44.5 Å². The number of benzene rings is 1. The highest BCUT2D eigenvalue weighted by Gasteiger charge is 2.24. The van der Waals surface area contributed by atoms with E-state index in [1.54, 1.807) is 7.11 Å². The van der Waals surface area contributed by atoms with E-state index in [-0.39, 0.29) is 11.3 Å². The third-order valence-corrected chi connectivity index (χ3v) is 5.29. The SMILES string of the molecule is COc1ccc(Cl)cc1CN1CCN(C(=O)CCc2nc(C(C)(C)C)no2)CC1. The fourth-order valence-electron chi connectivity index (χ4n) is 3.30.